The molecule has 0 aromatic heterocycles. The Labute approximate surface area is 184 Å². The molecule has 1 N–H and O–H groups in total. The summed E-state index contributed by atoms with van der Waals surface area (Å²) in [6.45, 7) is 3.24. The van der Waals surface area contributed by atoms with Gasteiger partial charge in [0.25, 0.3) is 0 Å². The quantitative estimate of drug-likeness (QED) is 0.744. The van der Waals surface area contributed by atoms with Crippen LogP contribution in [0.4, 0.5) is 5.69 Å². The molecule has 2 aliphatic heterocycles. The number of anilines is 1. The minimum absolute atomic E-state index is 0.0279. The number of benzene rings is 2. The van der Waals surface area contributed by atoms with Gasteiger partial charge in [0, 0.05) is 43.8 Å². The highest BCUT2D eigenvalue weighted by molar-refractivity contribution is 5.80. The molecule has 1 unspecified atom stereocenters. The van der Waals surface area contributed by atoms with Crippen LogP contribution in [0.5, 0.6) is 5.75 Å². The Morgan fingerprint density at radius 1 is 0.871 bits per heavy atom. The number of amides is 2. The van der Waals surface area contributed by atoms with Crippen molar-refractivity contribution in [2.24, 2.45) is 5.92 Å². The van der Waals surface area contributed by atoms with Gasteiger partial charge in [-0.05, 0) is 43.5 Å². The van der Waals surface area contributed by atoms with Crippen molar-refractivity contribution in [1.82, 2.24) is 9.80 Å². The average Bonchev–Trinajstić information content (AvgIpc) is 3.28. The highest BCUT2D eigenvalue weighted by atomic mass is 16.5. The Morgan fingerprint density at radius 3 is 2.23 bits per heavy atom. The van der Waals surface area contributed by atoms with Crippen molar-refractivity contribution >= 4 is 17.5 Å². The summed E-state index contributed by atoms with van der Waals surface area (Å²) < 4.78 is 5.63. The van der Waals surface area contributed by atoms with Crippen LogP contribution in [-0.2, 0) is 9.59 Å². The second-order valence-electron chi connectivity index (χ2n) is 8.35. The SMILES string of the molecule is O=C(CCOc1ccccc1)N1CCC(C(=O)N2CCC(Nc3ccccc3)C2)CC1. The van der Waals surface area contributed by atoms with E-state index in [1.807, 2.05) is 58.3 Å². The maximum Gasteiger partial charge on any atom is 0.225 e. The van der Waals surface area contributed by atoms with Crippen molar-refractivity contribution in [2.75, 3.05) is 38.1 Å². The Kier molecular flexibility index (Phi) is 7.07. The minimum atomic E-state index is 0.0279. The number of hydrogen-bond donors (Lipinski definition) is 1. The van der Waals surface area contributed by atoms with E-state index in [1.54, 1.807) is 0 Å². The summed E-state index contributed by atoms with van der Waals surface area (Å²) in [5, 5.41) is 3.52. The number of carbonyl (C=O) groups excluding carboxylic acids is 2. The van der Waals surface area contributed by atoms with Crippen molar-refractivity contribution in [2.45, 2.75) is 31.7 Å². The fourth-order valence-corrected chi connectivity index (χ4v) is 4.41. The molecule has 2 amide bonds. The predicted molar refractivity (Wildman–Crippen MR) is 121 cm³/mol. The highest BCUT2D eigenvalue weighted by Crippen LogP contribution is 2.24. The summed E-state index contributed by atoms with van der Waals surface area (Å²) in [5.41, 5.74) is 1.10. The number of para-hydroxylation sites is 2. The normalized spacial score (nSPS) is 19.3. The van der Waals surface area contributed by atoms with Gasteiger partial charge >= 0.3 is 0 Å². The van der Waals surface area contributed by atoms with Gasteiger partial charge in [-0.3, -0.25) is 9.59 Å². The number of carbonyl (C=O) groups is 2. The van der Waals surface area contributed by atoms with Crippen LogP contribution in [0, 0.1) is 5.92 Å². The van der Waals surface area contributed by atoms with Gasteiger partial charge in [-0.2, -0.15) is 0 Å². The summed E-state index contributed by atoms with van der Waals surface area (Å²) in [6, 6.07) is 20.0. The molecule has 31 heavy (non-hydrogen) atoms. The Bertz CT molecular complexity index is 851. The Hall–Kier alpha value is -3.02. The minimum Gasteiger partial charge on any atom is -0.493 e. The lowest BCUT2D eigenvalue weighted by molar-refractivity contribution is -0.140. The third-order valence-electron chi connectivity index (χ3n) is 6.17. The van der Waals surface area contributed by atoms with Crippen LogP contribution < -0.4 is 10.1 Å². The largest absolute Gasteiger partial charge is 0.493 e. The summed E-state index contributed by atoms with van der Waals surface area (Å²) in [7, 11) is 0. The summed E-state index contributed by atoms with van der Waals surface area (Å²) >= 11 is 0. The second kappa shape index (κ2) is 10.3. The lowest BCUT2D eigenvalue weighted by atomic mass is 9.95. The van der Waals surface area contributed by atoms with Gasteiger partial charge in [0.05, 0.1) is 13.0 Å². The standard InChI is InChI=1S/C25H31N3O3/c29-24(14-18-31-23-9-5-2-6-10-23)27-15-11-20(12-16-27)25(30)28-17-13-22(19-28)26-21-7-3-1-4-8-21/h1-10,20,22,26H,11-19H2. The predicted octanol–water partition coefficient (Wildman–Crippen LogP) is 3.41. The average molecular weight is 422 g/mol. The molecule has 6 heteroatoms. The first kappa shape index (κ1) is 21.2. The van der Waals surface area contributed by atoms with Crippen molar-refractivity contribution in [3.05, 3.63) is 60.7 Å². The van der Waals surface area contributed by atoms with Crippen molar-refractivity contribution in [1.29, 1.82) is 0 Å². The number of likely N-dealkylation sites (tertiary alicyclic amines) is 2. The van der Waals surface area contributed by atoms with E-state index in [-0.39, 0.29) is 17.7 Å². The first-order valence-corrected chi connectivity index (χ1v) is 11.2. The molecule has 2 heterocycles. The first-order chi connectivity index (χ1) is 15.2. The Morgan fingerprint density at radius 2 is 1.52 bits per heavy atom. The van der Waals surface area contributed by atoms with Crippen LogP contribution >= 0.6 is 0 Å². The van der Waals surface area contributed by atoms with E-state index in [9.17, 15) is 9.59 Å². The van der Waals surface area contributed by atoms with Gasteiger partial charge in [0.1, 0.15) is 5.75 Å². The zero-order chi connectivity index (χ0) is 21.5. The summed E-state index contributed by atoms with van der Waals surface area (Å²) in [4.78, 5) is 29.3. The molecule has 2 aliphatic rings. The van der Waals surface area contributed by atoms with Gasteiger partial charge in [-0.25, -0.2) is 0 Å². The number of piperidine rings is 1. The van der Waals surface area contributed by atoms with E-state index < -0.39 is 0 Å². The Balaban J connectivity index is 1.17. The molecular formula is C25H31N3O3. The molecule has 2 aromatic carbocycles. The van der Waals surface area contributed by atoms with Gasteiger partial charge < -0.3 is 19.9 Å². The molecule has 164 valence electrons. The highest BCUT2D eigenvalue weighted by Gasteiger charge is 2.33. The molecule has 0 aliphatic carbocycles. The maximum atomic E-state index is 13.0. The molecule has 4 rings (SSSR count). The van der Waals surface area contributed by atoms with E-state index in [0.29, 0.717) is 32.2 Å². The third kappa shape index (κ3) is 5.78. The fraction of sp³-hybridized carbons (Fsp3) is 0.440. The third-order valence-corrected chi connectivity index (χ3v) is 6.17. The topological polar surface area (TPSA) is 61.9 Å². The van der Waals surface area contributed by atoms with Crippen LogP contribution in [0.15, 0.2) is 60.7 Å². The number of rotatable bonds is 7. The first-order valence-electron chi connectivity index (χ1n) is 11.2. The van der Waals surface area contributed by atoms with E-state index >= 15 is 0 Å². The summed E-state index contributed by atoms with van der Waals surface area (Å²) in [5.74, 6) is 1.16. The molecule has 0 bridgehead atoms. The zero-order valence-electron chi connectivity index (χ0n) is 17.9. The summed E-state index contributed by atoms with van der Waals surface area (Å²) in [6.07, 6.45) is 2.83. The molecule has 1 atom stereocenters. The number of nitrogens with zero attached hydrogens (tertiary/aromatic N) is 2. The van der Waals surface area contributed by atoms with Crippen molar-refractivity contribution in [3.63, 3.8) is 0 Å². The zero-order valence-corrected chi connectivity index (χ0v) is 17.9. The molecule has 6 nitrogen and oxygen atoms in total. The van der Waals surface area contributed by atoms with Gasteiger partial charge in [0.15, 0.2) is 0 Å². The molecule has 0 radical (unpaired) electrons. The van der Waals surface area contributed by atoms with Crippen molar-refractivity contribution < 1.29 is 14.3 Å². The van der Waals surface area contributed by atoms with Crippen LogP contribution in [0.1, 0.15) is 25.7 Å². The smallest absolute Gasteiger partial charge is 0.225 e. The van der Waals surface area contributed by atoms with Crippen LogP contribution in [0.2, 0.25) is 0 Å². The lowest BCUT2D eigenvalue weighted by Crippen LogP contribution is -2.44. The van der Waals surface area contributed by atoms with Gasteiger partial charge in [0.2, 0.25) is 11.8 Å². The van der Waals surface area contributed by atoms with Gasteiger partial charge in [-0.15, -0.1) is 0 Å². The molecule has 2 aromatic rings. The number of hydrogen-bond acceptors (Lipinski definition) is 4. The van der Waals surface area contributed by atoms with Crippen LogP contribution in [0.25, 0.3) is 0 Å². The van der Waals surface area contributed by atoms with Crippen LogP contribution in [-0.4, -0.2) is 60.4 Å². The molecule has 0 spiro atoms. The van der Waals surface area contributed by atoms with Gasteiger partial charge in [-0.1, -0.05) is 36.4 Å². The number of nitrogens with one attached hydrogen (secondary N) is 1. The van der Waals surface area contributed by atoms with Crippen molar-refractivity contribution in [3.8, 4) is 5.75 Å². The second-order valence-corrected chi connectivity index (χ2v) is 8.35. The van der Waals surface area contributed by atoms with E-state index in [1.165, 1.54) is 0 Å². The number of ether oxygens (including phenoxy) is 1. The lowest BCUT2D eigenvalue weighted by Gasteiger charge is -2.33. The van der Waals surface area contributed by atoms with Crippen LogP contribution in [0.3, 0.4) is 0 Å². The maximum absolute atomic E-state index is 13.0. The molecule has 0 saturated carbocycles. The van der Waals surface area contributed by atoms with E-state index in [4.69, 9.17) is 4.74 Å². The molecular weight excluding hydrogens is 390 g/mol. The van der Waals surface area contributed by atoms with E-state index in [2.05, 4.69) is 17.4 Å². The van der Waals surface area contributed by atoms with E-state index in [0.717, 1.165) is 43.8 Å². The monoisotopic (exact) mass is 421 g/mol. The molecule has 2 fully saturated rings. The fourth-order valence-electron chi connectivity index (χ4n) is 4.41. The molecule has 2 saturated heterocycles.